The molecule has 1 N–H and O–H groups in total. The van der Waals surface area contributed by atoms with Crippen LogP contribution in [0.5, 0.6) is 0 Å². The first-order valence-electron chi connectivity index (χ1n) is 16.3. The lowest BCUT2D eigenvalue weighted by molar-refractivity contribution is -0.657. The second kappa shape index (κ2) is 12.5. The van der Waals surface area contributed by atoms with Crippen LogP contribution in [-0.4, -0.2) is 17.1 Å². The number of thiazole rings is 1. The number of aromatic nitrogens is 1. The van der Waals surface area contributed by atoms with E-state index in [1.54, 1.807) is 11.3 Å². The van der Waals surface area contributed by atoms with E-state index in [9.17, 15) is 9.90 Å². The highest BCUT2D eigenvalue weighted by atomic mass is 32.1. The summed E-state index contributed by atoms with van der Waals surface area (Å²) in [6.07, 6.45) is 10.1. The number of para-hydroxylation sites is 1. The molecule has 47 heavy (non-hydrogen) atoms. The highest BCUT2D eigenvalue weighted by molar-refractivity contribution is 7.18. The maximum Gasteiger partial charge on any atom is 0.370 e. The van der Waals surface area contributed by atoms with Crippen LogP contribution in [0.25, 0.3) is 34.0 Å². The van der Waals surface area contributed by atoms with Gasteiger partial charge in [0.05, 0.1) is 0 Å². The van der Waals surface area contributed by atoms with Gasteiger partial charge < -0.3 is 10.0 Å². The lowest BCUT2D eigenvalue weighted by Crippen LogP contribution is -2.39. The Kier molecular flexibility index (Phi) is 7.76. The summed E-state index contributed by atoms with van der Waals surface area (Å²) in [6.45, 7) is -0.0546. The molecule has 0 saturated heterocycles. The monoisotopic (exact) mass is 631 g/mol. The topological polar surface area (TPSA) is 44.4 Å². The van der Waals surface area contributed by atoms with Crippen LogP contribution in [0.15, 0.2) is 127 Å². The zero-order valence-corrected chi connectivity index (χ0v) is 26.8. The number of anilines is 2. The Morgan fingerprint density at radius 2 is 1.47 bits per heavy atom. The maximum absolute atomic E-state index is 11.7. The van der Waals surface area contributed by atoms with Gasteiger partial charge in [0.25, 0.3) is 5.01 Å². The number of hydrogen-bond donors (Lipinski definition) is 1. The normalized spacial score (nSPS) is 16.8. The van der Waals surface area contributed by atoms with Crippen molar-refractivity contribution >= 4 is 62.7 Å². The van der Waals surface area contributed by atoms with E-state index in [1.165, 1.54) is 58.5 Å². The Hall–Kier alpha value is -5.26. The SMILES string of the molecule is O=C(O)C[n+]1c(/C=C/c2ccc3c(c2)C2CCCC2N3c2ccc(C=C(c3ccccc3)c3ccccc3)cc2)sc2ccccc21. The van der Waals surface area contributed by atoms with Crippen molar-refractivity contribution in [3.05, 3.63) is 160 Å². The molecule has 4 nitrogen and oxygen atoms in total. The van der Waals surface area contributed by atoms with Crippen molar-refractivity contribution in [2.24, 2.45) is 0 Å². The standard InChI is InChI=1S/C42H34N2O2S/c45-42(46)28-43-39-15-7-8-17-40(39)47-41(43)25-21-30-20-24-38-36(27-30)34-14-9-16-37(34)44(38)33-22-18-29(19-23-33)26-35(31-10-3-1-4-11-31)32-12-5-2-6-13-32/h1-8,10-13,15,17-27,34,37H,9,14,16,28H2/p+1. The largest absolute Gasteiger partial charge is 0.477 e. The molecule has 0 bridgehead atoms. The first-order valence-corrected chi connectivity index (χ1v) is 17.1. The van der Waals surface area contributed by atoms with Gasteiger partial charge in [-0.25, -0.2) is 4.79 Å². The Morgan fingerprint density at radius 1 is 0.787 bits per heavy atom. The van der Waals surface area contributed by atoms with E-state index in [0.717, 1.165) is 20.8 Å². The van der Waals surface area contributed by atoms with Crippen molar-refractivity contribution in [3.8, 4) is 0 Å². The number of nitrogens with zero attached hydrogens (tertiary/aromatic N) is 2. The summed E-state index contributed by atoms with van der Waals surface area (Å²) in [5, 5.41) is 10.5. The Balaban J connectivity index is 1.10. The average Bonchev–Trinajstić information content (AvgIpc) is 3.80. The third kappa shape index (κ3) is 5.68. The molecule has 0 amide bonds. The summed E-state index contributed by atoms with van der Waals surface area (Å²) in [7, 11) is 0. The molecule has 5 aromatic carbocycles. The van der Waals surface area contributed by atoms with Gasteiger partial charge in [-0.2, -0.15) is 4.57 Å². The van der Waals surface area contributed by atoms with Gasteiger partial charge in [0.15, 0.2) is 0 Å². The zero-order valence-electron chi connectivity index (χ0n) is 26.0. The first kappa shape index (κ1) is 29.2. The van der Waals surface area contributed by atoms with Gasteiger partial charge in [0.1, 0.15) is 4.70 Å². The van der Waals surface area contributed by atoms with Crippen molar-refractivity contribution in [3.63, 3.8) is 0 Å². The molecule has 2 aliphatic rings. The summed E-state index contributed by atoms with van der Waals surface area (Å²) >= 11 is 1.63. The third-order valence-corrected chi connectivity index (χ3v) is 10.7. The third-order valence-electron chi connectivity index (χ3n) is 9.52. The molecule has 2 unspecified atom stereocenters. The fourth-order valence-corrected chi connectivity index (χ4v) is 8.49. The number of hydrogen-bond acceptors (Lipinski definition) is 3. The fraction of sp³-hybridized carbons (Fsp3) is 0.143. The number of carboxylic acids is 1. The van der Waals surface area contributed by atoms with Crippen LogP contribution in [0.2, 0.25) is 0 Å². The molecule has 2 heterocycles. The fourth-order valence-electron chi connectivity index (χ4n) is 7.42. The molecule has 1 saturated carbocycles. The second-order valence-electron chi connectivity index (χ2n) is 12.4. The minimum atomic E-state index is -0.838. The van der Waals surface area contributed by atoms with Crippen molar-refractivity contribution in [1.82, 2.24) is 0 Å². The van der Waals surface area contributed by atoms with Crippen LogP contribution in [-0.2, 0) is 11.3 Å². The lowest BCUT2D eigenvalue weighted by Gasteiger charge is -2.27. The van der Waals surface area contributed by atoms with Crippen LogP contribution in [0, 0.1) is 0 Å². The van der Waals surface area contributed by atoms with E-state index >= 15 is 0 Å². The molecule has 2 atom stereocenters. The molecule has 1 fully saturated rings. The maximum atomic E-state index is 11.7. The van der Waals surface area contributed by atoms with Gasteiger partial charge in [-0.05, 0) is 88.7 Å². The first-order chi connectivity index (χ1) is 23.1. The summed E-state index contributed by atoms with van der Waals surface area (Å²) < 4.78 is 2.98. The molecule has 1 aliphatic carbocycles. The number of rotatable bonds is 8. The summed E-state index contributed by atoms with van der Waals surface area (Å²) in [6, 6.07) is 45.6. The number of benzene rings is 5. The van der Waals surface area contributed by atoms with Crippen LogP contribution < -0.4 is 9.47 Å². The summed E-state index contributed by atoms with van der Waals surface area (Å²) in [5.41, 5.74) is 10.9. The zero-order chi connectivity index (χ0) is 31.7. The highest BCUT2D eigenvalue weighted by Crippen LogP contribution is 2.52. The van der Waals surface area contributed by atoms with Gasteiger partial charge in [-0.15, -0.1) is 0 Å². The predicted octanol–water partition coefficient (Wildman–Crippen LogP) is 9.82. The lowest BCUT2D eigenvalue weighted by atomic mass is 9.95. The van der Waals surface area contributed by atoms with Gasteiger partial charge in [0, 0.05) is 35.5 Å². The highest BCUT2D eigenvalue weighted by Gasteiger charge is 2.42. The minimum Gasteiger partial charge on any atom is -0.477 e. The molecule has 6 aromatic rings. The van der Waals surface area contributed by atoms with E-state index in [2.05, 4.69) is 126 Å². The van der Waals surface area contributed by atoms with Crippen LogP contribution in [0.3, 0.4) is 0 Å². The van der Waals surface area contributed by atoms with E-state index < -0.39 is 5.97 Å². The molecule has 0 radical (unpaired) electrons. The molecule has 8 rings (SSSR count). The van der Waals surface area contributed by atoms with E-state index in [4.69, 9.17) is 0 Å². The van der Waals surface area contributed by atoms with Crippen LogP contribution in [0.4, 0.5) is 11.4 Å². The number of carbonyl (C=O) groups is 1. The van der Waals surface area contributed by atoms with E-state index in [-0.39, 0.29) is 6.54 Å². The minimum absolute atomic E-state index is 0.0546. The number of aliphatic carboxylic acids is 1. The molecule has 230 valence electrons. The van der Waals surface area contributed by atoms with Gasteiger partial charge >= 0.3 is 5.97 Å². The number of carboxylic acid groups (broad SMARTS) is 1. The molecule has 1 aliphatic heterocycles. The van der Waals surface area contributed by atoms with Gasteiger partial charge in [-0.1, -0.05) is 109 Å². The van der Waals surface area contributed by atoms with Crippen LogP contribution in [0.1, 0.15) is 58.0 Å². The summed E-state index contributed by atoms with van der Waals surface area (Å²) in [4.78, 5) is 14.2. The van der Waals surface area contributed by atoms with Crippen molar-refractivity contribution < 1.29 is 14.5 Å². The predicted molar refractivity (Wildman–Crippen MR) is 194 cm³/mol. The van der Waals surface area contributed by atoms with Crippen molar-refractivity contribution in [2.45, 2.75) is 37.8 Å². The smallest absolute Gasteiger partial charge is 0.370 e. The summed E-state index contributed by atoms with van der Waals surface area (Å²) in [5.74, 6) is -0.322. The van der Waals surface area contributed by atoms with Crippen molar-refractivity contribution in [1.29, 1.82) is 0 Å². The molecule has 1 aromatic heterocycles. The average molecular weight is 632 g/mol. The molecular weight excluding hydrogens is 597 g/mol. The Morgan fingerprint density at radius 3 is 2.19 bits per heavy atom. The Bertz CT molecular complexity index is 2090. The number of fused-ring (bicyclic) bond motifs is 4. The molecule has 0 spiro atoms. The Labute approximate surface area is 279 Å². The molecule has 5 heteroatoms. The second-order valence-corrected chi connectivity index (χ2v) is 13.5. The van der Waals surface area contributed by atoms with Crippen molar-refractivity contribution in [2.75, 3.05) is 4.90 Å². The van der Waals surface area contributed by atoms with E-state index in [0.29, 0.717) is 12.0 Å². The van der Waals surface area contributed by atoms with Gasteiger partial charge in [0.2, 0.25) is 12.1 Å². The van der Waals surface area contributed by atoms with E-state index in [1.807, 2.05) is 28.8 Å². The van der Waals surface area contributed by atoms with Crippen LogP contribution >= 0.6 is 11.3 Å². The quantitative estimate of drug-likeness (QED) is 0.134. The van der Waals surface area contributed by atoms with Gasteiger partial charge in [-0.3, -0.25) is 0 Å². The molecular formula is C42H35N2O2S+.